The van der Waals surface area contributed by atoms with Gasteiger partial charge in [-0.15, -0.1) is 0 Å². The fraction of sp³-hybridized carbons (Fsp3) is 0.474. The Balaban J connectivity index is 1.57. The second-order valence-electron chi connectivity index (χ2n) is 7.06. The molecule has 0 aliphatic carbocycles. The van der Waals surface area contributed by atoms with E-state index in [1.54, 1.807) is 5.56 Å². The maximum Gasteiger partial charge on any atom is 0.0996 e. The van der Waals surface area contributed by atoms with Gasteiger partial charge < -0.3 is 9.72 Å². The summed E-state index contributed by atoms with van der Waals surface area (Å²) in [6.07, 6.45) is 6.95. The van der Waals surface area contributed by atoms with E-state index in [0.29, 0.717) is 24.0 Å². The standard InChI is InChI=1S/C19H22N2O/c1-12-16-11-21-8-6-15-14-4-2-3-5-17(14)20-19(15)18(21)10-13(16)7-9-22-12/h2-5,7,9,12-13,16,18,20H,6,8,10-11H2,1H3. The molecule has 2 aromatic rings. The Labute approximate surface area is 131 Å². The van der Waals surface area contributed by atoms with Gasteiger partial charge in [0.05, 0.1) is 18.4 Å². The van der Waals surface area contributed by atoms with Crippen molar-refractivity contribution in [1.82, 2.24) is 9.88 Å². The predicted octanol–water partition coefficient (Wildman–Crippen LogP) is 3.64. The molecule has 5 rings (SSSR count). The average Bonchev–Trinajstić information content (AvgIpc) is 2.93. The molecule has 3 nitrogen and oxygen atoms in total. The molecule has 0 radical (unpaired) electrons. The van der Waals surface area contributed by atoms with Crippen LogP contribution in [-0.2, 0) is 11.2 Å². The van der Waals surface area contributed by atoms with Gasteiger partial charge >= 0.3 is 0 Å². The average molecular weight is 294 g/mol. The number of rotatable bonds is 0. The number of aromatic amines is 1. The molecule has 1 N–H and O–H groups in total. The number of hydrogen-bond acceptors (Lipinski definition) is 2. The Kier molecular flexibility index (Phi) is 2.68. The first-order valence-electron chi connectivity index (χ1n) is 8.47. The zero-order chi connectivity index (χ0) is 14.7. The summed E-state index contributed by atoms with van der Waals surface area (Å²) in [5, 5.41) is 1.43. The highest BCUT2D eigenvalue weighted by atomic mass is 16.5. The highest BCUT2D eigenvalue weighted by Gasteiger charge is 2.42. The topological polar surface area (TPSA) is 28.3 Å². The molecule has 4 atom stereocenters. The Morgan fingerprint density at radius 3 is 3.14 bits per heavy atom. The number of hydrogen-bond donors (Lipinski definition) is 1. The minimum absolute atomic E-state index is 0.347. The number of piperidine rings is 1. The van der Waals surface area contributed by atoms with E-state index in [0.717, 1.165) is 13.0 Å². The molecule has 1 fully saturated rings. The molecule has 0 saturated carbocycles. The predicted molar refractivity (Wildman–Crippen MR) is 87.6 cm³/mol. The fourth-order valence-electron chi connectivity index (χ4n) is 4.78. The Hall–Kier alpha value is -1.74. The minimum Gasteiger partial charge on any atom is -0.498 e. The number of aromatic nitrogens is 1. The van der Waals surface area contributed by atoms with Crippen LogP contribution in [0.15, 0.2) is 36.6 Å². The third-order valence-electron chi connectivity index (χ3n) is 5.98. The summed E-state index contributed by atoms with van der Waals surface area (Å²) in [6.45, 7) is 4.56. The van der Waals surface area contributed by atoms with Gasteiger partial charge in [-0.1, -0.05) is 18.2 Å². The van der Waals surface area contributed by atoms with Gasteiger partial charge in [0.1, 0.15) is 0 Å². The number of para-hydroxylation sites is 1. The summed E-state index contributed by atoms with van der Waals surface area (Å²) in [6, 6.07) is 9.31. The summed E-state index contributed by atoms with van der Waals surface area (Å²) in [5.41, 5.74) is 4.32. The van der Waals surface area contributed by atoms with Gasteiger partial charge in [-0.2, -0.15) is 0 Å². The number of H-pyrrole nitrogens is 1. The normalized spacial score (nSPS) is 33.9. The van der Waals surface area contributed by atoms with Crippen molar-refractivity contribution in [3.05, 3.63) is 47.9 Å². The van der Waals surface area contributed by atoms with E-state index in [1.165, 1.54) is 29.6 Å². The van der Waals surface area contributed by atoms with Crippen LogP contribution >= 0.6 is 0 Å². The van der Waals surface area contributed by atoms with E-state index in [9.17, 15) is 0 Å². The van der Waals surface area contributed by atoms with E-state index < -0.39 is 0 Å². The van der Waals surface area contributed by atoms with Crippen molar-refractivity contribution < 1.29 is 4.74 Å². The lowest BCUT2D eigenvalue weighted by Crippen LogP contribution is -2.49. The van der Waals surface area contributed by atoms with Gasteiger partial charge in [-0.25, -0.2) is 0 Å². The van der Waals surface area contributed by atoms with E-state index in [2.05, 4.69) is 47.1 Å². The van der Waals surface area contributed by atoms with Crippen molar-refractivity contribution in [1.29, 1.82) is 0 Å². The molecule has 3 aliphatic heterocycles. The number of allylic oxidation sites excluding steroid dienone is 1. The zero-order valence-corrected chi connectivity index (χ0v) is 13.0. The summed E-state index contributed by atoms with van der Waals surface area (Å²) < 4.78 is 5.73. The quantitative estimate of drug-likeness (QED) is 0.803. The molecule has 0 spiro atoms. The van der Waals surface area contributed by atoms with Gasteiger partial charge in [0, 0.05) is 35.6 Å². The molecule has 4 unspecified atom stereocenters. The van der Waals surface area contributed by atoms with E-state index >= 15 is 0 Å². The number of ether oxygens (including phenoxy) is 1. The number of nitrogens with one attached hydrogen (secondary N) is 1. The monoisotopic (exact) mass is 294 g/mol. The van der Waals surface area contributed by atoms with Crippen molar-refractivity contribution in [2.45, 2.75) is 31.9 Å². The highest BCUT2D eigenvalue weighted by molar-refractivity contribution is 5.85. The van der Waals surface area contributed by atoms with Crippen LogP contribution in [0, 0.1) is 11.8 Å². The molecule has 114 valence electrons. The van der Waals surface area contributed by atoms with E-state index in [1.807, 2.05) is 6.26 Å². The van der Waals surface area contributed by atoms with Crippen LogP contribution < -0.4 is 0 Å². The third kappa shape index (κ3) is 1.72. The molecule has 3 aliphatic rings. The van der Waals surface area contributed by atoms with E-state index in [4.69, 9.17) is 4.74 Å². The third-order valence-corrected chi connectivity index (χ3v) is 5.98. The number of nitrogens with zero attached hydrogens (tertiary/aromatic N) is 1. The van der Waals surface area contributed by atoms with Crippen LogP contribution in [0.1, 0.15) is 30.6 Å². The summed E-state index contributed by atoms with van der Waals surface area (Å²) in [7, 11) is 0. The van der Waals surface area contributed by atoms with Crippen molar-refractivity contribution in [2.24, 2.45) is 11.8 Å². The molecule has 3 heteroatoms. The first kappa shape index (κ1) is 12.8. The smallest absolute Gasteiger partial charge is 0.0996 e. The van der Waals surface area contributed by atoms with Gasteiger partial charge in [0.25, 0.3) is 0 Å². The number of fused-ring (bicyclic) bond motifs is 6. The van der Waals surface area contributed by atoms with Crippen LogP contribution in [0.5, 0.6) is 0 Å². The summed E-state index contributed by atoms with van der Waals surface area (Å²) in [5.74, 6) is 1.30. The Morgan fingerprint density at radius 2 is 2.18 bits per heavy atom. The summed E-state index contributed by atoms with van der Waals surface area (Å²) in [4.78, 5) is 6.40. The molecule has 1 aromatic carbocycles. The zero-order valence-electron chi connectivity index (χ0n) is 13.0. The molecular formula is C19H22N2O. The highest BCUT2D eigenvalue weighted by Crippen LogP contribution is 2.45. The fourth-order valence-corrected chi connectivity index (χ4v) is 4.78. The van der Waals surface area contributed by atoms with Crippen LogP contribution in [0.3, 0.4) is 0 Å². The van der Waals surface area contributed by atoms with E-state index in [-0.39, 0.29) is 0 Å². The molecule has 4 heterocycles. The Bertz CT molecular complexity index is 747. The van der Waals surface area contributed by atoms with Crippen molar-refractivity contribution >= 4 is 10.9 Å². The van der Waals surface area contributed by atoms with Crippen LogP contribution in [0.25, 0.3) is 10.9 Å². The van der Waals surface area contributed by atoms with Gasteiger partial charge in [-0.3, -0.25) is 4.90 Å². The molecule has 22 heavy (non-hydrogen) atoms. The first-order chi connectivity index (χ1) is 10.8. The van der Waals surface area contributed by atoms with Gasteiger partial charge in [0.15, 0.2) is 0 Å². The lowest BCUT2D eigenvalue weighted by Gasteiger charge is -2.48. The second kappa shape index (κ2) is 4.63. The minimum atomic E-state index is 0.347. The molecule has 1 saturated heterocycles. The van der Waals surface area contributed by atoms with Crippen molar-refractivity contribution in [2.75, 3.05) is 13.1 Å². The van der Waals surface area contributed by atoms with Crippen LogP contribution in [0.4, 0.5) is 0 Å². The van der Waals surface area contributed by atoms with Crippen LogP contribution in [-0.4, -0.2) is 29.1 Å². The van der Waals surface area contributed by atoms with Crippen molar-refractivity contribution in [3.8, 4) is 0 Å². The largest absolute Gasteiger partial charge is 0.498 e. The molecular weight excluding hydrogens is 272 g/mol. The molecule has 1 aromatic heterocycles. The van der Waals surface area contributed by atoms with Crippen molar-refractivity contribution in [3.63, 3.8) is 0 Å². The first-order valence-corrected chi connectivity index (χ1v) is 8.47. The summed E-state index contributed by atoms with van der Waals surface area (Å²) >= 11 is 0. The van der Waals surface area contributed by atoms with Crippen LogP contribution in [0.2, 0.25) is 0 Å². The SMILES string of the molecule is CC1OC=CC2CC3c4[nH]c5ccccc5c4CCN3CC21. The van der Waals surface area contributed by atoms with Gasteiger partial charge in [-0.05, 0) is 43.4 Å². The lowest BCUT2D eigenvalue weighted by molar-refractivity contribution is -0.0171. The molecule has 0 amide bonds. The molecule has 0 bridgehead atoms. The van der Waals surface area contributed by atoms with Gasteiger partial charge in [0.2, 0.25) is 0 Å². The second-order valence-corrected chi connectivity index (χ2v) is 7.06. The maximum atomic E-state index is 5.73. The lowest BCUT2D eigenvalue weighted by atomic mass is 9.75. The Morgan fingerprint density at radius 1 is 1.27 bits per heavy atom. The number of benzene rings is 1. The maximum absolute atomic E-state index is 5.73.